The molecule has 13 heavy (non-hydrogen) atoms. The first-order chi connectivity index (χ1) is 6.17. The third kappa shape index (κ3) is 2.42. The van der Waals surface area contributed by atoms with Crippen LogP contribution in [-0.2, 0) is 14.3 Å². The summed E-state index contributed by atoms with van der Waals surface area (Å²) in [7, 11) is 0. The average molecular weight is 187 g/mol. The Morgan fingerprint density at radius 1 is 1.62 bits per heavy atom. The topological polar surface area (TPSA) is 75.6 Å². The molecule has 0 aromatic heterocycles. The fraction of sp³-hybridized carbons (Fsp3) is 0.750. The van der Waals surface area contributed by atoms with Crippen molar-refractivity contribution in [2.45, 2.75) is 31.9 Å². The van der Waals surface area contributed by atoms with Crippen molar-refractivity contribution < 1.29 is 19.4 Å². The van der Waals surface area contributed by atoms with Crippen LogP contribution in [0.5, 0.6) is 0 Å². The maximum absolute atomic E-state index is 11.2. The van der Waals surface area contributed by atoms with Crippen LogP contribution in [0.15, 0.2) is 0 Å². The fourth-order valence-corrected chi connectivity index (χ4v) is 1.15. The number of aliphatic hydroxyl groups excluding tert-OH is 1. The van der Waals surface area contributed by atoms with Crippen LogP contribution in [-0.4, -0.2) is 35.7 Å². The van der Waals surface area contributed by atoms with Crippen LogP contribution >= 0.6 is 0 Å². The number of rotatable bonds is 2. The Bertz CT molecular complexity index is 216. The van der Waals surface area contributed by atoms with Crippen molar-refractivity contribution in [2.75, 3.05) is 6.61 Å². The van der Waals surface area contributed by atoms with E-state index < -0.39 is 18.6 Å². The lowest BCUT2D eigenvalue weighted by molar-refractivity contribution is -0.151. The Morgan fingerprint density at radius 2 is 2.31 bits per heavy atom. The standard InChI is InChI=1S/C8H13NO4/c1-2-5-3-7(11)9-6(4-10)8(12)13-5/h5-6,10H,2-4H2,1H3,(H,9,11). The highest BCUT2D eigenvalue weighted by atomic mass is 16.5. The molecule has 0 saturated carbocycles. The molecule has 1 heterocycles. The first kappa shape index (κ1) is 9.98. The van der Waals surface area contributed by atoms with Gasteiger partial charge < -0.3 is 15.2 Å². The summed E-state index contributed by atoms with van der Waals surface area (Å²) < 4.78 is 4.95. The van der Waals surface area contributed by atoms with E-state index in [2.05, 4.69) is 5.32 Å². The lowest BCUT2D eigenvalue weighted by Gasteiger charge is -2.12. The second-order valence-corrected chi connectivity index (χ2v) is 2.97. The van der Waals surface area contributed by atoms with Gasteiger partial charge in [-0.15, -0.1) is 0 Å². The molecule has 0 bridgehead atoms. The second kappa shape index (κ2) is 4.23. The average Bonchev–Trinajstić information content (AvgIpc) is 2.25. The number of amides is 1. The molecular weight excluding hydrogens is 174 g/mol. The molecule has 0 radical (unpaired) electrons. The zero-order valence-electron chi connectivity index (χ0n) is 7.45. The molecule has 0 aromatic rings. The molecular formula is C8H13NO4. The predicted octanol–water partition coefficient (Wildman–Crippen LogP) is -0.811. The fourth-order valence-electron chi connectivity index (χ4n) is 1.15. The molecule has 74 valence electrons. The number of aliphatic hydroxyl groups is 1. The van der Waals surface area contributed by atoms with E-state index in [4.69, 9.17) is 9.84 Å². The van der Waals surface area contributed by atoms with E-state index in [1.807, 2.05) is 6.92 Å². The second-order valence-electron chi connectivity index (χ2n) is 2.97. The highest BCUT2D eigenvalue weighted by Crippen LogP contribution is 2.09. The molecule has 1 aliphatic heterocycles. The van der Waals surface area contributed by atoms with Crippen molar-refractivity contribution in [1.29, 1.82) is 0 Å². The van der Waals surface area contributed by atoms with Crippen molar-refractivity contribution in [1.82, 2.24) is 5.32 Å². The lowest BCUT2D eigenvalue weighted by atomic mass is 10.2. The van der Waals surface area contributed by atoms with Crippen molar-refractivity contribution in [2.24, 2.45) is 0 Å². The number of hydrogen-bond acceptors (Lipinski definition) is 4. The minimum absolute atomic E-state index is 0.179. The molecule has 1 saturated heterocycles. The van der Waals surface area contributed by atoms with E-state index in [9.17, 15) is 9.59 Å². The maximum atomic E-state index is 11.2. The first-order valence-corrected chi connectivity index (χ1v) is 4.28. The van der Waals surface area contributed by atoms with Gasteiger partial charge in [0.1, 0.15) is 6.10 Å². The Labute approximate surface area is 76.1 Å². The van der Waals surface area contributed by atoms with Crippen molar-refractivity contribution in [3.05, 3.63) is 0 Å². The molecule has 1 aliphatic rings. The van der Waals surface area contributed by atoms with E-state index in [0.717, 1.165) is 0 Å². The summed E-state index contributed by atoms with van der Waals surface area (Å²) in [5.41, 5.74) is 0. The summed E-state index contributed by atoms with van der Waals surface area (Å²) in [6.07, 6.45) is 0.430. The van der Waals surface area contributed by atoms with E-state index in [1.165, 1.54) is 0 Å². The molecule has 0 spiro atoms. The normalized spacial score (nSPS) is 29.1. The number of ether oxygens (including phenoxy) is 1. The minimum Gasteiger partial charge on any atom is -0.460 e. The monoisotopic (exact) mass is 187 g/mol. The minimum atomic E-state index is -0.899. The molecule has 1 amide bonds. The van der Waals surface area contributed by atoms with Crippen molar-refractivity contribution >= 4 is 11.9 Å². The van der Waals surface area contributed by atoms with Gasteiger partial charge in [-0.1, -0.05) is 6.92 Å². The predicted molar refractivity (Wildman–Crippen MR) is 43.8 cm³/mol. The molecule has 2 unspecified atom stereocenters. The van der Waals surface area contributed by atoms with Gasteiger partial charge in [-0.05, 0) is 6.42 Å². The van der Waals surface area contributed by atoms with Crippen LogP contribution in [0.25, 0.3) is 0 Å². The van der Waals surface area contributed by atoms with Crippen molar-refractivity contribution in [3.63, 3.8) is 0 Å². The summed E-state index contributed by atoms with van der Waals surface area (Å²) in [4.78, 5) is 22.3. The molecule has 2 atom stereocenters. The Kier molecular flexibility index (Phi) is 3.25. The first-order valence-electron chi connectivity index (χ1n) is 4.28. The van der Waals surface area contributed by atoms with Crippen LogP contribution in [0.3, 0.4) is 0 Å². The third-order valence-electron chi connectivity index (χ3n) is 1.95. The number of carbonyl (C=O) groups excluding carboxylic acids is 2. The number of nitrogens with one attached hydrogen (secondary N) is 1. The van der Waals surface area contributed by atoms with Crippen LogP contribution in [0.1, 0.15) is 19.8 Å². The maximum Gasteiger partial charge on any atom is 0.331 e. The smallest absolute Gasteiger partial charge is 0.331 e. The molecule has 0 aromatic carbocycles. The summed E-state index contributed by atoms with van der Waals surface area (Å²) in [5.74, 6) is -0.808. The highest BCUT2D eigenvalue weighted by molar-refractivity contribution is 5.86. The number of hydrogen-bond donors (Lipinski definition) is 2. The molecule has 1 fully saturated rings. The van der Waals surface area contributed by atoms with Crippen molar-refractivity contribution in [3.8, 4) is 0 Å². The van der Waals surface area contributed by atoms with Crippen LogP contribution in [0, 0.1) is 0 Å². The summed E-state index contributed by atoms with van der Waals surface area (Å²) in [5, 5.41) is 11.1. The van der Waals surface area contributed by atoms with Gasteiger partial charge in [-0.2, -0.15) is 0 Å². The summed E-state index contributed by atoms with van der Waals surface area (Å²) in [6, 6.07) is -0.899. The van der Waals surface area contributed by atoms with Gasteiger partial charge in [0.25, 0.3) is 0 Å². The molecule has 5 nitrogen and oxygen atoms in total. The Morgan fingerprint density at radius 3 is 2.85 bits per heavy atom. The van der Waals surface area contributed by atoms with Gasteiger partial charge in [0, 0.05) is 0 Å². The quantitative estimate of drug-likeness (QED) is 0.554. The van der Waals surface area contributed by atoms with Crippen LogP contribution < -0.4 is 5.32 Å². The van der Waals surface area contributed by atoms with Crippen LogP contribution in [0.4, 0.5) is 0 Å². The number of cyclic esters (lactones) is 1. The molecule has 2 N–H and O–H groups in total. The number of esters is 1. The van der Waals surface area contributed by atoms with E-state index in [-0.39, 0.29) is 18.4 Å². The SMILES string of the molecule is CCC1CC(=O)NC(CO)C(=O)O1. The van der Waals surface area contributed by atoms with E-state index in [0.29, 0.717) is 6.42 Å². The molecule has 1 rings (SSSR count). The third-order valence-corrected chi connectivity index (χ3v) is 1.95. The van der Waals surface area contributed by atoms with Gasteiger partial charge in [0.2, 0.25) is 5.91 Å². The lowest BCUT2D eigenvalue weighted by Crippen LogP contribution is -2.41. The van der Waals surface area contributed by atoms with Gasteiger partial charge in [0.15, 0.2) is 6.04 Å². The summed E-state index contributed by atoms with van der Waals surface area (Å²) in [6.45, 7) is 1.42. The number of carbonyl (C=O) groups is 2. The molecule has 0 aliphatic carbocycles. The summed E-state index contributed by atoms with van der Waals surface area (Å²) >= 11 is 0. The molecule has 5 heteroatoms. The Balaban J connectivity index is 2.67. The van der Waals surface area contributed by atoms with Gasteiger partial charge in [-0.25, -0.2) is 4.79 Å². The van der Waals surface area contributed by atoms with E-state index >= 15 is 0 Å². The van der Waals surface area contributed by atoms with Gasteiger partial charge in [0.05, 0.1) is 13.0 Å². The van der Waals surface area contributed by atoms with E-state index in [1.54, 1.807) is 0 Å². The van der Waals surface area contributed by atoms with Gasteiger partial charge >= 0.3 is 5.97 Å². The largest absolute Gasteiger partial charge is 0.460 e. The zero-order chi connectivity index (χ0) is 9.84. The zero-order valence-corrected chi connectivity index (χ0v) is 7.45. The van der Waals surface area contributed by atoms with Crippen LogP contribution in [0.2, 0.25) is 0 Å². The Hall–Kier alpha value is -1.10. The van der Waals surface area contributed by atoms with Gasteiger partial charge in [-0.3, -0.25) is 4.79 Å². The highest BCUT2D eigenvalue weighted by Gasteiger charge is 2.29.